The van der Waals surface area contributed by atoms with Crippen LogP contribution >= 0.6 is 0 Å². The quantitative estimate of drug-likeness (QED) is 0.185. The van der Waals surface area contributed by atoms with Gasteiger partial charge in [-0.05, 0) is 25.7 Å². The van der Waals surface area contributed by atoms with Crippen LogP contribution in [-0.4, -0.2) is 44.6 Å². The first kappa shape index (κ1) is 22.0. The topological polar surface area (TPSA) is 94.4 Å². The van der Waals surface area contributed by atoms with Crippen LogP contribution in [0.5, 0.6) is 0 Å². The number of hydrogen-bond donors (Lipinski definition) is 0. The third-order valence-electron chi connectivity index (χ3n) is 3.40. The van der Waals surface area contributed by atoms with Gasteiger partial charge in [-0.3, -0.25) is 0 Å². The number of carbonyl (C=O) groups is 1. The highest BCUT2D eigenvalue weighted by molar-refractivity contribution is 5.59. The number of rotatable bonds is 16. The van der Waals surface area contributed by atoms with Crippen LogP contribution < -0.4 is 0 Å². The standard InChI is InChI=1S/C17H28N2O5/c20-15-18-11-7-3-1-5-9-13-23-17(22)24-14-10-6-2-4-8-12-19-16-21/h1-14H2. The lowest BCUT2D eigenvalue weighted by molar-refractivity contribution is 0.0529. The molecule has 0 fully saturated rings. The number of carbonyl (C=O) groups excluding carboxylic acids is 3. The Balaban J connectivity index is 3.21. The molecule has 0 N–H and O–H groups in total. The van der Waals surface area contributed by atoms with Crippen LogP contribution in [0, 0.1) is 0 Å². The Labute approximate surface area is 143 Å². The summed E-state index contributed by atoms with van der Waals surface area (Å²) in [6.07, 6.45) is 11.9. The Morgan fingerprint density at radius 2 is 1.00 bits per heavy atom. The molecule has 0 saturated heterocycles. The zero-order valence-electron chi connectivity index (χ0n) is 14.3. The summed E-state index contributed by atoms with van der Waals surface area (Å²) in [6.45, 7) is 1.84. The largest absolute Gasteiger partial charge is 0.508 e. The van der Waals surface area contributed by atoms with Crippen LogP contribution in [0.1, 0.15) is 64.2 Å². The molecule has 0 atom stereocenters. The first-order chi connectivity index (χ1) is 11.8. The molecule has 0 rings (SSSR count). The monoisotopic (exact) mass is 340 g/mol. The lowest BCUT2D eigenvalue weighted by Crippen LogP contribution is -2.09. The van der Waals surface area contributed by atoms with E-state index in [1.807, 2.05) is 0 Å². The van der Waals surface area contributed by atoms with E-state index in [4.69, 9.17) is 9.47 Å². The van der Waals surface area contributed by atoms with Gasteiger partial charge in [0.2, 0.25) is 12.2 Å². The zero-order valence-corrected chi connectivity index (χ0v) is 14.3. The van der Waals surface area contributed by atoms with Crippen molar-refractivity contribution in [2.45, 2.75) is 64.2 Å². The third-order valence-corrected chi connectivity index (χ3v) is 3.40. The van der Waals surface area contributed by atoms with Gasteiger partial charge in [-0.25, -0.2) is 24.4 Å². The second-order valence-electron chi connectivity index (χ2n) is 5.43. The van der Waals surface area contributed by atoms with Gasteiger partial charge < -0.3 is 9.47 Å². The molecular formula is C17H28N2O5. The summed E-state index contributed by atoms with van der Waals surface area (Å²) in [6, 6.07) is 0. The molecule has 0 aliphatic rings. The number of aliphatic imine (C=N–C) groups is 2. The van der Waals surface area contributed by atoms with Crippen molar-refractivity contribution >= 4 is 18.3 Å². The van der Waals surface area contributed by atoms with Crippen molar-refractivity contribution < 1.29 is 23.9 Å². The minimum atomic E-state index is -0.601. The molecule has 0 aliphatic heterocycles. The van der Waals surface area contributed by atoms with E-state index in [0.717, 1.165) is 64.2 Å². The molecule has 0 saturated carbocycles. The molecule has 0 aliphatic carbocycles. The van der Waals surface area contributed by atoms with E-state index in [2.05, 4.69) is 9.98 Å². The van der Waals surface area contributed by atoms with Gasteiger partial charge in [0.25, 0.3) is 0 Å². The van der Waals surface area contributed by atoms with Crippen LogP contribution in [0.4, 0.5) is 4.79 Å². The summed E-state index contributed by atoms with van der Waals surface area (Å²) in [5.74, 6) is 0. The molecule has 136 valence electrons. The van der Waals surface area contributed by atoms with E-state index in [1.54, 1.807) is 0 Å². The third kappa shape index (κ3) is 18.1. The number of unbranched alkanes of at least 4 members (excludes halogenated alkanes) is 8. The lowest BCUT2D eigenvalue weighted by atomic mass is 10.1. The van der Waals surface area contributed by atoms with Gasteiger partial charge in [-0.15, -0.1) is 0 Å². The average molecular weight is 340 g/mol. The summed E-state index contributed by atoms with van der Waals surface area (Å²) in [4.78, 5) is 38.0. The molecule has 24 heavy (non-hydrogen) atoms. The van der Waals surface area contributed by atoms with Gasteiger partial charge >= 0.3 is 6.16 Å². The van der Waals surface area contributed by atoms with E-state index >= 15 is 0 Å². The number of hydrogen-bond acceptors (Lipinski definition) is 7. The van der Waals surface area contributed by atoms with Crippen LogP contribution in [0.2, 0.25) is 0 Å². The van der Waals surface area contributed by atoms with Crippen molar-refractivity contribution in [3.8, 4) is 0 Å². The zero-order chi connectivity index (χ0) is 17.7. The van der Waals surface area contributed by atoms with Gasteiger partial charge in [0, 0.05) is 0 Å². The highest BCUT2D eigenvalue weighted by Gasteiger charge is 2.03. The van der Waals surface area contributed by atoms with Crippen molar-refractivity contribution in [3.05, 3.63) is 0 Å². The van der Waals surface area contributed by atoms with Crippen LogP contribution in [0.15, 0.2) is 9.98 Å². The maximum atomic E-state index is 11.3. The first-order valence-corrected chi connectivity index (χ1v) is 8.68. The fourth-order valence-corrected chi connectivity index (χ4v) is 2.09. The summed E-state index contributed by atoms with van der Waals surface area (Å²) in [5, 5.41) is 0. The van der Waals surface area contributed by atoms with Crippen LogP contribution in [-0.2, 0) is 19.1 Å². The summed E-state index contributed by atoms with van der Waals surface area (Å²) in [7, 11) is 0. The van der Waals surface area contributed by atoms with Crippen molar-refractivity contribution in [1.82, 2.24) is 0 Å². The molecule has 0 aromatic heterocycles. The van der Waals surface area contributed by atoms with Crippen molar-refractivity contribution in [3.63, 3.8) is 0 Å². The fourth-order valence-electron chi connectivity index (χ4n) is 2.09. The Kier molecular flexibility index (Phi) is 17.5. The molecule has 0 bridgehead atoms. The lowest BCUT2D eigenvalue weighted by Gasteiger charge is -2.06. The van der Waals surface area contributed by atoms with Gasteiger partial charge in [-0.2, -0.15) is 0 Å². The van der Waals surface area contributed by atoms with Crippen molar-refractivity contribution in [2.24, 2.45) is 9.98 Å². The van der Waals surface area contributed by atoms with Gasteiger partial charge in [0.15, 0.2) is 0 Å². The molecular weight excluding hydrogens is 312 g/mol. The molecule has 0 heterocycles. The van der Waals surface area contributed by atoms with E-state index in [0.29, 0.717) is 26.3 Å². The molecule has 0 aromatic carbocycles. The predicted octanol–water partition coefficient (Wildman–Crippen LogP) is 3.71. The second kappa shape index (κ2) is 19.1. The fraction of sp³-hybridized carbons (Fsp3) is 0.824. The molecule has 7 heteroatoms. The van der Waals surface area contributed by atoms with Crippen LogP contribution in [0.25, 0.3) is 0 Å². The maximum absolute atomic E-state index is 11.3. The highest BCUT2D eigenvalue weighted by Crippen LogP contribution is 2.05. The Morgan fingerprint density at radius 1 is 0.625 bits per heavy atom. The van der Waals surface area contributed by atoms with Crippen molar-refractivity contribution in [1.29, 1.82) is 0 Å². The van der Waals surface area contributed by atoms with E-state index < -0.39 is 6.16 Å². The van der Waals surface area contributed by atoms with Crippen LogP contribution in [0.3, 0.4) is 0 Å². The summed E-state index contributed by atoms with van der Waals surface area (Å²) < 4.78 is 9.96. The molecule has 7 nitrogen and oxygen atoms in total. The normalized spacial score (nSPS) is 9.67. The minimum absolute atomic E-state index is 0.378. The van der Waals surface area contributed by atoms with E-state index in [9.17, 15) is 14.4 Å². The molecule has 0 aromatic rings. The van der Waals surface area contributed by atoms with Crippen molar-refractivity contribution in [2.75, 3.05) is 26.3 Å². The number of ether oxygens (including phenoxy) is 2. The summed E-state index contributed by atoms with van der Waals surface area (Å²) in [5.41, 5.74) is 0. The Bertz CT molecular complexity index is 366. The minimum Gasteiger partial charge on any atom is -0.434 e. The highest BCUT2D eigenvalue weighted by atomic mass is 16.7. The smallest absolute Gasteiger partial charge is 0.434 e. The van der Waals surface area contributed by atoms with Gasteiger partial charge in [0.1, 0.15) is 0 Å². The predicted molar refractivity (Wildman–Crippen MR) is 89.4 cm³/mol. The number of isocyanates is 2. The first-order valence-electron chi connectivity index (χ1n) is 8.68. The number of nitrogens with zero attached hydrogens (tertiary/aromatic N) is 2. The summed E-state index contributed by atoms with van der Waals surface area (Å²) >= 11 is 0. The van der Waals surface area contributed by atoms with E-state index in [1.165, 1.54) is 12.2 Å². The van der Waals surface area contributed by atoms with Gasteiger partial charge in [0.05, 0.1) is 26.3 Å². The average Bonchev–Trinajstić information content (AvgIpc) is 2.59. The van der Waals surface area contributed by atoms with E-state index in [-0.39, 0.29) is 0 Å². The Morgan fingerprint density at radius 3 is 1.42 bits per heavy atom. The maximum Gasteiger partial charge on any atom is 0.508 e. The SMILES string of the molecule is O=C=NCCCCCCCOC(=O)OCCCCCCCN=C=O. The van der Waals surface area contributed by atoms with Gasteiger partial charge in [-0.1, -0.05) is 38.5 Å². The molecule has 0 radical (unpaired) electrons. The molecule has 0 unspecified atom stereocenters. The second-order valence-corrected chi connectivity index (χ2v) is 5.43. The Hall–Kier alpha value is -1.97. The molecule has 0 amide bonds. The molecule has 0 spiro atoms.